The lowest BCUT2D eigenvalue weighted by Gasteiger charge is -2.30. The molecule has 2 aliphatic carbocycles. The Hall–Kier alpha value is -0.340. The van der Waals surface area contributed by atoms with Gasteiger partial charge >= 0.3 is 0 Å². The Balaban J connectivity index is 1.50. The maximum atomic E-state index is 3.82. The predicted molar refractivity (Wildman–Crippen MR) is 79.0 cm³/mol. The fourth-order valence-electron chi connectivity index (χ4n) is 3.48. The number of hydrogen-bond donors (Lipinski definition) is 1. The lowest BCUT2D eigenvalue weighted by molar-refractivity contribution is 0.260. The van der Waals surface area contributed by atoms with E-state index in [9.17, 15) is 0 Å². The van der Waals surface area contributed by atoms with E-state index >= 15 is 0 Å². The minimum Gasteiger partial charge on any atom is -0.309 e. The Kier molecular flexibility index (Phi) is 4.05. The van der Waals surface area contributed by atoms with Crippen molar-refractivity contribution >= 4 is 11.3 Å². The molecule has 0 radical (unpaired) electrons. The fourth-order valence-corrected chi connectivity index (χ4v) is 4.41. The number of nitrogens with one attached hydrogen (secondary N) is 1. The summed E-state index contributed by atoms with van der Waals surface area (Å²) < 4.78 is 0. The van der Waals surface area contributed by atoms with Gasteiger partial charge in [0.1, 0.15) is 0 Å². The van der Waals surface area contributed by atoms with Crippen LogP contribution in [-0.2, 0) is 13.0 Å². The summed E-state index contributed by atoms with van der Waals surface area (Å²) in [5, 5.41) is 6.06. The number of hydrogen-bond acceptors (Lipinski definition) is 2. The highest BCUT2D eigenvalue weighted by Crippen LogP contribution is 2.43. The maximum Gasteiger partial charge on any atom is 0.0305 e. The van der Waals surface area contributed by atoms with E-state index in [1.54, 1.807) is 10.4 Å². The molecule has 0 aliphatic heterocycles. The topological polar surface area (TPSA) is 12.0 Å². The zero-order valence-corrected chi connectivity index (χ0v) is 12.3. The molecule has 3 rings (SSSR count). The average molecular weight is 263 g/mol. The second kappa shape index (κ2) is 5.75. The quantitative estimate of drug-likeness (QED) is 0.832. The van der Waals surface area contributed by atoms with Crippen LogP contribution in [0.5, 0.6) is 0 Å². The summed E-state index contributed by atoms with van der Waals surface area (Å²) in [4.78, 5) is 1.56. The molecule has 2 heteroatoms. The highest BCUT2D eigenvalue weighted by molar-refractivity contribution is 7.10. The molecule has 1 heterocycles. The fraction of sp³-hybridized carbons (Fsp3) is 0.750. The Morgan fingerprint density at radius 1 is 1.22 bits per heavy atom. The molecule has 0 saturated heterocycles. The van der Waals surface area contributed by atoms with Crippen molar-refractivity contribution in [2.45, 2.75) is 64.5 Å². The molecule has 0 bridgehead atoms. The van der Waals surface area contributed by atoms with Crippen molar-refractivity contribution < 1.29 is 0 Å². The molecule has 2 atom stereocenters. The van der Waals surface area contributed by atoms with E-state index in [0.717, 1.165) is 24.4 Å². The molecule has 0 aromatic carbocycles. The molecule has 1 N–H and O–H groups in total. The Morgan fingerprint density at radius 3 is 2.89 bits per heavy atom. The molecule has 0 amide bonds. The van der Waals surface area contributed by atoms with Crippen molar-refractivity contribution in [3.63, 3.8) is 0 Å². The summed E-state index contributed by atoms with van der Waals surface area (Å²) in [6.07, 6.45) is 10.00. The largest absolute Gasteiger partial charge is 0.309 e. The van der Waals surface area contributed by atoms with Gasteiger partial charge < -0.3 is 5.32 Å². The molecule has 0 spiro atoms. The molecule has 18 heavy (non-hydrogen) atoms. The van der Waals surface area contributed by atoms with Crippen LogP contribution in [0.3, 0.4) is 0 Å². The van der Waals surface area contributed by atoms with Crippen LogP contribution in [0, 0.1) is 11.8 Å². The first-order chi connectivity index (χ1) is 8.86. The Morgan fingerprint density at radius 2 is 2.11 bits per heavy atom. The van der Waals surface area contributed by atoms with Gasteiger partial charge in [-0.05, 0) is 60.9 Å². The molecule has 1 nitrogen and oxygen atoms in total. The molecule has 2 aliphatic rings. The summed E-state index contributed by atoms with van der Waals surface area (Å²) in [5.74, 6) is 2.15. The molecule has 2 unspecified atom stereocenters. The minimum absolute atomic E-state index is 0.788. The Labute approximate surface area is 115 Å². The number of thiophene rings is 1. The van der Waals surface area contributed by atoms with Crippen LogP contribution in [0.25, 0.3) is 0 Å². The molecule has 2 fully saturated rings. The van der Waals surface area contributed by atoms with E-state index in [-0.39, 0.29) is 0 Å². The van der Waals surface area contributed by atoms with E-state index < -0.39 is 0 Å². The van der Waals surface area contributed by atoms with Crippen LogP contribution in [0.2, 0.25) is 0 Å². The molecule has 1 aromatic rings. The van der Waals surface area contributed by atoms with Gasteiger partial charge in [-0.2, -0.15) is 0 Å². The van der Waals surface area contributed by atoms with Crippen molar-refractivity contribution in [3.05, 3.63) is 21.9 Å². The second-order valence-corrected chi connectivity index (χ2v) is 7.07. The van der Waals surface area contributed by atoms with Gasteiger partial charge in [0.25, 0.3) is 0 Å². The molecule has 100 valence electrons. The van der Waals surface area contributed by atoms with Crippen molar-refractivity contribution in [1.29, 1.82) is 0 Å². The lowest BCUT2D eigenvalue weighted by Crippen LogP contribution is -2.34. The van der Waals surface area contributed by atoms with Gasteiger partial charge in [0.05, 0.1) is 0 Å². The van der Waals surface area contributed by atoms with Gasteiger partial charge in [0.2, 0.25) is 0 Å². The van der Waals surface area contributed by atoms with Gasteiger partial charge in [-0.3, -0.25) is 0 Å². The molecular formula is C16H25NS. The third kappa shape index (κ3) is 2.97. The number of rotatable bonds is 5. The zero-order chi connectivity index (χ0) is 12.4. The monoisotopic (exact) mass is 263 g/mol. The van der Waals surface area contributed by atoms with Crippen LogP contribution in [0.4, 0.5) is 0 Å². The van der Waals surface area contributed by atoms with Gasteiger partial charge in [0.15, 0.2) is 0 Å². The maximum absolute atomic E-state index is 3.82. The van der Waals surface area contributed by atoms with Gasteiger partial charge in [0, 0.05) is 17.5 Å². The summed E-state index contributed by atoms with van der Waals surface area (Å²) in [6.45, 7) is 3.36. The third-order valence-corrected chi connectivity index (χ3v) is 5.74. The highest BCUT2D eigenvalue weighted by Gasteiger charge is 2.34. The van der Waals surface area contributed by atoms with E-state index in [0.29, 0.717) is 0 Å². The zero-order valence-electron chi connectivity index (χ0n) is 11.5. The lowest BCUT2D eigenvalue weighted by atomic mass is 9.83. The SMILES string of the molecule is CCc1ccsc1CNC1CCCC(C2CC2)C1. The van der Waals surface area contributed by atoms with Crippen molar-refractivity contribution in [2.24, 2.45) is 11.8 Å². The first kappa shape index (κ1) is 12.7. The highest BCUT2D eigenvalue weighted by atomic mass is 32.1. The first-order valence-corrected chi connectivity index (χ1v) is 8.53. The van der Waals surface area contributed by atoms with Crippen LogP contribution >= 0.6 is 11.3 Å². The van der Waals surface area contributed by atoms with E-state index in [2.05, 4.69) is 23.7 Å². The van der Waals surface area contributed by atoms with E-state index in [1.165, 1.54) is 44.9 Å². The van der Waals surface area contributed by atoms with Gasteiger partial charge in [-0.25, -0.2) is 0 Å². The summed E-state index contributed by atoms with van der Waals surface area (Å²) in [5.41, 5.74) is 1.54. The van der Waals surface area contributed by atoms with Crippen LogP contribution in [-0.4, -0.2) is 6.04 Å². The van der Waals surface area contributed by atoms with E-state index in [4.69, 9.17) is 0 Å². The number of aryl methyl sites for hydroxylation is 1. The normalized spacial score (nSPS) is 28.5. The first-order valence-electron chi connectivity index (χ1n) is 7.65. The minimum atomic E-state index is 0.788. The molecule has 2 saturated carbocycles. The molecular weight excluding hydrogens is 238 g/mol. The average Bonchev–Trinajstić information content (AvgIpc) is 3.16. The summed E-state index contributed by atoms with van der Waals surface area (Å²) in [7, 11) is 0. The van der Waals surface area contributed by atoms with Gasteiger partial charge in [-0.1, -0.05) is 19.8 Å². The predicted octanol–water partition coefficient (Wildman–Crippen LogP) is 4.37. The van der Waals surface area contributed by atoms with E-state index in [1.807, 2.05) is 11.3 Å². The second-order valence-electron chi connectivity index (χ2n) is 6.06. The summed E-state index contributed by atoms with van der Waals surface area (Å²) in [6, 6.07) is 3.08. The third-order valence-electron chi connectivity index (χ3n) is 4.77. The van der Waals surface area contributed by atoms with Crippen molar-refractivity contribution in [3.8, 4) is 0 Å². The van der Waals surface area contributed by atoms with Crippen LogP contribution < -0.4 is 5.32 Å². The van der Waals surface area contributed by atoms with Crippen LogP contribution in [0.1, 0.15) is 55.9 Å². The smallest absolute Gasteiger partial charge is 0.0305 e. The Bertz CT molecular complexity index is 380. The standard InChI is InChI=1S/C16H25NS/c1-2-12-8-9-18-16(12)11-17-15-5-3-4-14(10-15)13-6-7-13/h8-9,13-15,17H,2-7,10-11H2,1H3. The van der Waals surface area contributed by atoms with Crippen molar-refractivity contribution in [2.75, 3.05) is 0 Å². The van der Waals surface area contributed by atoms with Crippen molar-refractivity contribution in [1.82, 2.24) is 5.32 Å². The molecule has 1 aromatic heterocycles. The van der Waals surface area contributed by atoms with Crippen LogP contribution in [0.15, 0.2) is 11.4 Å². The van der Waals surface area contributed by atoms with Gasteiger partial charge in [-0.15, -0.1) is 11.3 Å². The summed E-state index contributed by atoms with van der Waals surface area (Å²) >= 11 is 1.92.